The fraction of sp³-hybridized carbons (Fsp3) is 0.273. The minimum Gasteiger partial charge on any atom is -0.331 e. The highest BCUT2D eigenvalue weighted by molar-refractivity contribution is 5.92. The Kier molecular flexibility index (Phi) is 4.30. The van der Waals surface area contributed by atoms with Gasteiger partial charge < -0.3 is 10.6 Å². The van der Waals surface area contributed by atoms with Crippen LogP contribution in [0.15, 0.2) is 24.3 Å². The van der Waals surface area contributed by atoms with E-state index in [2.05, 4.69) is 10.6 Å². The van der Waals surface area contributed by atoms with Crippen LogP contribution in [0.3, 0.4) is 0 Å². The van der Waals surface area contributed by atoms with Gasteiger partial charge in [0.15, 0.2) is 0 Å². The number of rotatable bonds is 3. The number of alkyl halides is 3. The van der Waals surface area contributed by atoms with E-state index < -0.39 is 17.8 Å². The Labute approximate surface area is 101 Å². The number of hydrogen-bond donors (Lipinski definition) is 2. The van der Waals surface area contributed by atoms with Crippen molar-refractivity contribution in [3.05, 3.63) is 29.8 Å². The van der Waals surface area contributed by atoms with Crippen molar-refractivity contribution in [2.24, 2.45) is 0 Å². The number of anilines is 1. The van der Waals surface area contributed by atoms with Gasteiger partial charge in [0.1, 0.15) is 5.78 Å². The van der Waals surface area contributed by atoms with Crippen LogP contribution in [0.25, 0.3) is 0 Å². The van der Waals surface area contributed by atoms with E-state index in [1.165, 1.54) is 6.92 Å². The van der Waals surface area contributed by atoms with Crippen molar-refractivity contribution in [3.63, 3.8) is 0 Å². The molecule has 0 radical (unpaired) electrons. The molecule has 2 N–H and O–H groups in total. The van der Waals surface area contributed by atoms with Gasteiger partial charge in [-0.2, -0.15) is 13.2 Å². The van der Waals surface area contributed by atoms with Crippen LogP contribution in [-0.4, -0.2) is 18.4 Å². The summed E-state index contributed by atoms with van der Waals surface area (Å²) in [6, 6.07) is 3.35. The van der Waals surface area contributed by atoms with Gasteiger partial charge in [-0.15, -0.1) is 0 Å². The number of urea groups is 1. The summed E-state index contributed by atoms with van der Waals surface area (Å²) in [5.41, 5.74) is -0.582. The van der Waals surface area contributed by atoms with E-state index in [0.29, 0.717) is 0 Å². The highest BCUT2D eigenvalue weighted by atomic mass is 19.4. The van der Waals surface area contributed by atoms with Crippen LogP contribution in [0.1, 0.15) is 12.5 Å². The van der Waals surface area contributed by atoms with Crippen LogP contribution in [0.5, 0.6) is 0 Å². The van der Waals surface area contributed by atoms with Crippen molar-refractivity contribution in [1.82, 2.24) is 5.32 Å². The first-order chi connectivity index (χ1) is 8.29. The Hall–Kier alpha value is -2.05. The third-order valence-electron chi connectivity index (χ3n) is 1.97. The highest BCUT2D eigenvalue weighted by Gasteiger charge is 2.29. The lowest BCUT2D eigenvalue weighted by molar-refractivity contribution is -0.137. The molecular formula is C11H11F3N2O2. The summed E-state index contributed by atoms with van der Waals surface area (Å²) in [6.07, 6.45) is -4.41. The summed E-state index contributed by atoms with van der Waals surface area (Å²) in [5.74, 6) is -0.224. The number of benzene rings is 1. The molecular weight excluding hydrogens is 249 g/mol. The molecule has 0 fully saturated rings. The molecule has 1 aromatic carbocycles. The summed E-state index contributed by atoms with van der Waals surface area (Å²) in [5, 5.41) is 4.56. The molecule has 0 aliphatic carbocycles. The van der Waals surface area contributed by atoms with Gasteiger partial charge in [0.05, 0.1) is 12.1 Å². The maximum absolute atomic E-state index is 12.3. The van der Waals surface area contributed by atoms with Gasteiger partial charge in [0.25, 0.3) is 0 Å². The molecule has 1 rings (SSSR count). The van der Waals surface area contributed by atoms with E-state index >= 15 is 0 Å². The van der Waals surface area contributed by atoms with Crippen molar-refractivity contribution in [3.8, 4) is 0 Å². The van der Waals surface area contributed by atoms with Crippen molar-refractivity contribution >= 4 is 17.5 Å². The minimum absolute atomic E-state index is 0.132. The van der Waals surface area contributed by atoms with Gasteiger partial charge in [-0.25, -0.2) is 4.79 Å². The zero-order valence-electron chi connectivity index (χ0n) is 9.47. The monoisotopic (exact) mass is 260 g/mol. The number of Topliss-reactive ketones (excluding diaryl/α,β-unsaturated/α-hetero) is 1. The van der Waals surface area contributed by atoms with Crippen LogP contribution < -0.4 is 10.6 Å². The molecule has 7 heteroatoms. The number of halogens is 3. The van der Waals surface area contributed by atoms with Gasteiger partial charge in [0, 0.05) is 5.69 Å². The van der Waals surface area contributed by atoms with Crippen LogP contribution in [0.4, 0.5) is 23.7 Å². The lowest BCUT2D eigenvalue weighted by atomic mass is 10.2. The Morgan fingerprint density at radius 2 is 1.72 bits per heavy atom. The highest BCUT2D eigenvalue weighted by Crippen LogP contribution is 2.29. The van der Waals surface area contributed by atoms with Gasteiger partial charge in [-0.05, 0) is 31.2 Å². The van der Waals surface area contributed by atoms with E-state index in [1.54, 1.807) is 0 Å². The first-order valence-corrected chi connectivity index (χ1v) is 5.00. The van der Waals surface area contributed by atoms with E-state index in [-0.39, 0.29) is 18.0 Å². The largest absolute Gasteiger partial charge is 0.416 e. The van der Waals surface area contributed by atoms with Crippen molar-refractivity contribution < 1.29 is 22.8 Å². The first-order valence-electron chi connectivity index (χ1n) is 5.00. The summed E-state index contributed by atoms with van der Waals surface area (Å²) in [6.45, 7) is 1.17. The Balaban J connectivity index is 2.59. The molecule has 1 aromatic rings. The normalized spacial score (nSPS) is 10.9. The minimum atomic E-state index is -4.41. The summed E-state index contributed by atoms with van der Waals surface area (Å²) in [4.78, 5) is 21.8. The molecule has 0 aromatic heterocycles. The standard InChI is InChI=1S/C11H11F3N2O2/c1-7(17)6-15-10(18)16-9-4-2-8(3-5-9)11(12,13)14/h2-5H,6H2,1H3,(H2,15,16,18). The number of ketones is 1. The quantitative estimate of drug-likeness (QED) is 0.876. The van der Waals surface area contributed by atoms with E-state index in [0.717, 1.165) is 24.3 Å². The molecule has 98 valence electrons. The zero-order valence-corrected chi connectivity index (χ0v) is 9.47. The number of carbonyl (C=O) groups excluding carboxylic acids is 2. The predicted molar refractivity (Wildman–Crippen MR) is 59.1 cm³/mol. The topological polar surface area (TPSA) is 58.2 Å². The third kappa shape index (κ3) is 4.44. The average molecular weight is 260 g/mol. The predicted octanol–water partition coefficient (Wildman–Crippen LogP) is 2.42. The lowest BCUT2D eigenvalue weighted by Crippen LogP contribution is -2.32. The fourth-order valence-corrected chi connectivity index (χ4v) is 1.12. The average Bonchev–Trinajstić information content (AvgIpc) is 2.26. The molecule has 0 atom stereocenters. The smallest absolute Gasteiger partial charge is 0.331 e. The number of carbonyl (C=O) groups is 2. The second-order valence-corrected chi connectivity index (χ2v) is 3.58. The van der Waals surface area contributed by atoms with Crippen molar-refractivity contribution in [2.75, 3.05) is 11.9 Å². The lowest BCUT2D eigenvalue weighted by Gasteiger charge is -2.09. The summed E-state index contributed by atoms with van der Waals surface area (Å²) < 4.78 is 36.8. The van der Waals surface area contributed by atoms with Crippen LogP contribution in [0.2, 0.25) is 0 Å². The molecule has 0 aliphatic heterocycles. The maximum Gasteiger partial charge on any atom is 0.416 e. The number of nitrogens with one attached hydrogen (secondary N) is 2. The summed E-state index contributed by atoms with van der Waals surface area (Å²) in [7, 11) is 0. The first kappa shape index (κ1) is 14.0. The van der Waals surface area contributed by atoms with Crippen molar-refractivity contribution in [2.45, 2.75) is 13.1 Å². The SMILES string of the molecule is CC(=O)CNC(=O)Nc1ccc(C(F)(F)F)cc1. The summed E-state index contributed by atoms with van der Waals surface area (Å²) >= 11 is 0. The molecule has 0 spiro atoms. The molecule has 0 bridgehead atoms. The van der Waals surface area contributed by atoms with Crippen LogP contribution >= 0.6 is 0 Å². The number of hydrogen-bond acceptors (Lipinski definition) is 2. The molecule has 0 heterocycles. The van der Waals surface area contributed by atoms with E-state index in [4.69, 9.17) is 0 Å². The van der Waals surface area contributed by atoms with Crippen LogP contribution in [-0.2, 0) is 11.0 Å². The van der Waals surface area contributed by atoms with Gasteiger partial charge in [-0.3, -0.25) is 4.79 Å². The van der Waals surface area contributed by atoms with E-state index in [1.807, 2.05) is 0 Å². The molecule has 0 unspecified atom stereocenters. The fourth-order valence-electron chi connectivity index (χ4n) is 1.12. The third-order valence-corrected chi connectivity index (χ3v) is 1.97. The van der Waals surface area contributed by atoms with Gasteiger partial charge >= 0.3 is 12.2 Å². The van der Waals surface area contributed by atoms with Crippen LogP contribution in [0, 0.1) is 0 Å². The van der Waals surface area contributed by atoms with Gasteiger partial charge in [-0.1, -0.05) is 0 Å². The molecule has 4 nitrogen and oxygen atoms in total. The molecule has 18 heavy (non-hydrogen) atoms. The Bertz CT molecular complexity index is 441. The second kappa shape index (κ2) is 5.52. The Morgan fingerprint density at radius 1 is 1.17 bits per heavy atom. The molecule has 0 saturated carbocycles. The zero-order chi connectivity index (χ0) is 13.8. The number of amides is 2. The molecule has 0 saturated heterocycles. The molecule has 2 amide bonds. The molecule has 0 aliphatic rings. The van der Waals surface area contributed by atoms with Crippen molar-refractivity contribution in [1.29, 1.82) is 0 Å². The maximum atomic E-state index is 12.3. The van der Waals surface area contributed by atoms with E-state index in [9.17, 15) is 22.8 Å². The second-order valence-electron chi connectivity index (χ2n) is 3.58. The Morgan fingerprint density at radius 3 is 2.17 bits per heavy atom. The van der Waals surface area contributed by atoms with Gasteiger partial charge in [0.2, 0.25) is 0 Å².